The first-order valence-electron chi connectivity index (χ1n) is 9.38. The molecular weight excluding hydrogens is 388 g/mol. The Morgan fingerprint density at radius 2 is 1.93 bits per heavy atom. The summed E-state index contributed by atoms with van der Waals surface area (Å²) < 4.78 is 53.0. The lowest BCUT2D eigenvalue weighted by molar-refractivity contribution is 0.282. The van der Waals surface area contributed by atoms with Crippen LogP contribution in [-0.2, 0) is 20.0 Å². The third-order valence-corrected chi connectivity index (χ3v) is 8.46. The first-order chi connectivity index (χ1) is 12.8. The van der Waals surface area contributed by atoms with Crippen molar-refractivity contribution in [1.82, 2.24) is 18.5 Å². The maximum absolute atomic E-state index is 12.8. The fourth-order valence-corrected chi connectivity index (χ4v) is 6.52. The van der Waals surface area contributed by atoms with Crippen molar-refractivity contribution in [3.8, 4) is 0 Å². The zero-order valence-electron chi connectivity index (χ0n) is 15.7. The van der Waals surface area contributed by atoms with Crippen LogP contribution in [0.1, 0.15) is 25.7 Å². The molecule has 10 heteroatoms. The number of nitrogens with zero attached hydrogens (tertiary/aromatic N) is 4. The molecule has 0 saturated carbocycles. The van der Waals surface area contributed by atoms with Gasteiger partial charge in [0.05, 0.1) is 6.26 Å². The molecule has 27 heavy (non-hydrogen) atoms. The van der Waals surface area contributed by atoms with Crippen molar-refractivity contribution in [2.75, 3.05) is 45.5 Å². The number of hydrogen-bond donors (Lipinski definition) is 0. The summed E-state index contributed by atoms with van der Waals surface area (Å²) in [4.78, 5) is 6.38. The van der Waals surface area contributed by atoms with E-state index in [1.165, 1.54) is 46.2 Å². The normalized spacial score (nSPS) is 22.7. The molecule has 2 fully saturated rings. The molecule has 0 radical (unpaired) electrons. The summed E-state index contributed by atoms with van der Waals surface area (Å²) in [5.41, 5.74) is 0. The van der Waals surface area contributed by atoms with Crippen molar-refractivity contribution >= 4 is 20.0 Å². The van der Waals surface area contributed by atoms with Gasteiger partial charge in [0.25, 0.3) is 0 Å². The van der Waals surface area contributed by atoms with Crippen molar-refractivity contribution in [2.24, 2.45) is 0 Å². The molecule has 0 aromatic carbocycles. The number of sulfonamides is 2. The molecule has 3 rings (SSSR count). The van der Waals surface area contributed by atoms with Gasteiger partial charge in [-0.25, -0.2) is 16.8 Å². The lowest BCUT2D eigenvalue weighted by atomic mass is 10.2. The SMILES string of the molecule is CS(=O)(=O)N(CCCN1CCCC1)C1CCN(S(=O)(=O)c2cccnc2)C1. The Morgan fingerprint density at radius 1 is 1.19 bits per heavy atom. The molecule has 0 aliphatic carbocycles. The number of likely N-dealkylation sites (tertiary alicyclic amines) is 1. The van der Waals surface area contributed by atoms with Gasteiger partial charge in [-0.2, -0.15) is 8.61 Å². The third-order valence-electron chi connectivity index (χ3n) is 5.28. The maximum atomic E-state index is 12.8. The first kappa shape index (κ1) is 20.7. The largest absolute Gasteiger partial charge is 0.303 e. The highest BCUT2D eigenvalue weighted by Gasteiger charge is 2.38. The van der Waals surface area contributed by atoms with Crippen molar-refractivity contribution in [2.45, 2.75) is 36.6 Å². The van der Waals surface area contributed by atoms with Crippen LogP contribution >= 0.6 is 0 Å². The van der Waals surface area contributed by atoms with Crippen LogP contribution < -0.4 is 0 Å². The maximum Gasteiger partial charge on any atom is 0.244 e. The second-order valence-corrected chi connectivity index (χ2v) is 11.1. The molecule has 152 valence electrons. The smallest absolute Gasteiger partial charge is 0.244 e. The minimum Gasteiger partial charge on any atom is -0.303 e. The Labute approximate surface area is 162 Å². The second kappa shape index (κ2) is 8.52. The van der Waals surface area contributed by atoms with Crippen LogP contribution in [0.5, 0.6) is 0 Å². The van der Waals surface area contributed by atoms with Gasteiger partial charge in [-0.05, 0) is 57.5 Å². The molecule has 0 bridgehead atoms. The fourth-order valence-electron chi connectivity index (χ4n) is 3.89. The number of pyridine rings is 1. The van der Waals surface area contributed by atoms with E-state index in [0.717, 1.165) is 26.1 Å². The van der Waals surface area contributed by atoms with Gasteiger partial charge in [-0.3, -0.25) is 4.98 Å². The molecule has 1 atom stereocenters. The van der Waals surface area contributed by atoms with Gasteiger partial charge < -0.3 is 4.90 Å². The van der Waals surface area contributed by atoms with Gasteiger partial charge in [0, 0.05) is 38.1 Å². The lowest BCUT2D eigenvalue weighted by Crippen LogP contribution is -2.43. The lowest BCUT2D eigenvalue weighted by Gasteiger charge is -2.27. The summed E-state index contributed by atoms with van der Waals surface area (Å²) in [6, 6.07) is 2.78. The Kier molecular flexibility index (Phi) is 6.52. The van der Waals surface area contributed by atoms with Crippen molar-refractivity contribution in [3.05, 3.63) is 24.5 Å². The zero-order valence-corrected chi connectivity index (χ0v) is 17.3. The molecule has 2 saturated heterocycles. The molecular formula is C17H28N4O4S2. The van der Waals surface area contributed by atoms with Gasteiger partial charge >= 0.3 is 0 Å². The van der Waals surface area contributed by atoms with Gasteiger partial charge in [0.15, 0.2) is 0 Å². The topological polar surface area (TPSA) is 90.9 Å². The van der Waals surface area contributed by atoms with Crippen LogP contribution in [0.3, 0.4) is 0 Å². The minimum atomic E-state index is -3.64. The highest BCUT2D eigenvalue weighted by Crippen LogP contribution is 2.25. The van der Waals surface area contributed by atoms with Crippen molar-refractivity contribution in [3.63, 3.8) is 0 Å². The summed E-state index contributed by atoms with van der Waals surface area (Å²) in [7, 11) is -7.04. The van der Waals surface area contributed by atoms with E-state index in [4.69, 9.17) is 0 Å². The summed E-state index contributed by atoms with van der Waals surface area (Å²) in [6.07, 6.45) is 7.75. The van der Waals surface area contributed by atoms with Crippen molar-refractivity contribution in [1.29, 1.82) is 0 Å². The molecule has 0 N–H and O–H groups in total. The minimum absolute atomic E-state index is 0.144. The van der Waals surface area contributed by atoms with E-state index in [9.17, 15) is 16.8 Å². The summed E-state index contributed by atoms with van der Waals surface area (Å²) in [5, 5.41) is 0. The number of rotatable bonds is 8. The molecule has 0 spiro atoms. The van der Waals surface area contributed by atoms with Crippen LogP contribution in [0, 0.1) is 0 Å². The Morgan fingerprint density at radius 3 is 2.56 bits per heavy atom. The molecule has 2 aliphatic rings. The monoisotopic (exact) mass is 416 g/mol. The van der Waals surface area contributed by atoms with E-state index in [0.29, 0.717) is 19.5 Å². The first-order valence-corrected chi connectivity index (χ1v) is 12.7. The molecule has 1 aromatic rings. The molecule has 3 heterocycles. The Bertz CT molecular complexity index is 824. The average molecular weight is 417 g/mol. The van der Waals surface area contributed by atoms with Gasteiger partial charge in [-0.15, -0.1) is 0 Å². The third kappa shape index (κ3) is 5.05. The second-order valence-electron chi connectivity index (χ2n) is 7.27. The van der Waals surface area contributed by atoms with Crippen LogP contribution in [0.15, 0.2) is 29.4 Å². The zero-order chi connectivity index (χ0) is 19.5. The summed E-state index contributed by atoms with van der Waals surface area (Å²) >= 11 is 0. The van der Waals surface area contributed by atoms with E-state index < -0.39 is 20.0 Å². The fraction of sp³-hybridized carbons (Fsp3) is 0.706. The predicted octanol–water partition coefficient (Wildman–Crippen LogP) is 0.592. The van der Waals surface area contributed by atoms with Crippen LogP contribution in [-0.4, -0.2) is 86.9 Å². The quantitative estimate of drug-likeness (QED) is 0.616. The molecule has 1 aromatic heterocycles. The van der Waals surface area contributed by atoms with Gasteiger partial charge in [0.2, 0.25) is 20.0 Å². The van der Waals surface area contributed by atoms with Gasteiger partial charge in [0.1, 0.15) is 4.90 Å². The standard InChI is InChI=1S/C17H28N4O4S2/c1-26(22,23)21(12-5-11-19-9-2-3-10-19)16-7-13-20(15-16)27(24,25)17-6-4-8-18-14-17/h4,6,8,14,16H,2-3,5,7,9-13,15H2,1H3. The molecule has 1 unspecified atom stereocenters. The Hall–Kier alpha value is -1.07. The highest BCUT2D eigenvalue weighted by molar-refractivity contribution is 7.89. The molecule has 0 amide bonds. The predicted molar refractivity (Wildman–Crippen MR) is 103 cm³/mol. The van der Waals surface area contributed by atoms with Crippen molar-refractivity contribution < 1.29 is 16.8 Å². The van der Waals surface area contributed by atoms with Crippen LogP contribution in [0.2, 0.25) is 0 Å². The van der Waals surface area contributed by atoms with Crippen LogP contribution in [0.25, 0.3) is 0 Å². The van der Waals surface area contributed by atoms with E-state index >= 15 is 0 Å². The van der Waals surface area contributed by atoms with E-state index in [1.54, 1.807) is 6.07 Å². The summed E-state index contributed by atoms with van der Waals surface area (Å²) in [5.74, 6) is 0. The number of hydrogen-bond acceptors (Lipinski definition) is 6. The van der Waals surface area contributed by atoms with Crippen LogP contribution in [0.4, 0.5) is 0 Å². The van der Waals surface area contributed by atoms with E-state index in [-0.39, 0.29) is 17.5 Å². The summed E-state index contributed by atoms with van der Waals surface area (Å²) in [6.45, 7) is 3.99. The highest BCUT2D eigenvalue weighted by atomic mass is 32.2. The van der Waals surface area contributed by atoms with E-state index in [1.807, 2.05) is 0 Å². The molecule has 8 nitrogen and oxygen atoms in total. The van der Waals surface area contributed by atoms with E-state index in [2.05, 4.69) is 9.88 Å². The Balaban J connectivity index is 1.64. The van der Waals surface area contributed by atoms with Gasteiger partial charge in [-0.1, -0.05) is 0 Å². The molecule has 2 aliphatic heterocycles. The average Bonchev–Trinajstić information content (AvgIpc) is 3.30. The number of aromatic nitrogens is 1.